The molecular weight excluding hydrogens is 628 g/mol. The molecule has 1 aliphatic heterocycles. The van der Waals surface area contributed by atoms with Crippen LogP contribution in [0.5, 0.6) is 0 Å². The van der Waals surface area contributed by atoms with E-state index in [9.17, 15) is 24.3 Å². The molecule has 10 nitrogen and oxygen atoms in total. The smallest absolute Gasteiger partial charge is 0.315 e. The number of unbranched alkanes of at least 4 members (excludes halogenated alkanes) is 4. The van der Waals surface area contributed by atoms with Crippen molar-refractivity contribution in [2.24, 2.45) is 45.8 Å². The summed E-state index contributed by atoms with van der Waals surface area (Å²) in [5, 5.41) is 11.4. The molecule has 4 fully saturated rings. The Labute approximate surface area is 292 Å². The summed E-state index contributed by atoms with van der Waals surface area (Å²) < 4.78 is 31.1. The third-order valence-corrected chi connectivity index (χ3v) is 13.1. The number of fused-ring (bicyclic) bond motifs is 2. The van der Waals surface area contributed by atoms with Crippen molar-refractivity contribution >= 4 is 24.2 Å². The third kappa shape index (κ3) is 6.09. The molecule has 0 radical (unpaired) electrons. The first kappa shape index (κ1) is 37.9. The number of carboxylic acids is 1. The molecule has 0 spiro atoms. The van der Waals surface area contributed by atoms with Gasteiger partial charge in [0.2, 0.25) is 0 Å². The number of hydrogen-bond donors (Lipinski definition) is 1. The molecule has 5 rings (SSSR count). The van der Waals surface area contributed by atoms with E-state index in [0.717, 1.165) is 50.4 Å². The second-order valence-electron chi connectivity index (χ2n) is 16.0. The SMILES string of the molecule is CCCCCC(=O)O[C@H]1[C@H](OC(=O)CCCCC)[C@H](OCC23C[C@@H]4[C@H](C)CC[C@H]4C4(C=O)CC2C=C(C(C)C)C34C(=O)O)O[C@H](C)[C@H]1OC. The van der Waals surface area contributed by atoms with Crippen LogP contribution in [0.3, 0.4) is 0 Å². The van der Waals surface area contributed by atoms with Crippen molar-refractivity contribution in [2.45, 2.75) is 149 Å². The predicted octanol–water partition coefficient (Wildman–Crippen LogP) is 6.67. The Balaban J connectivity index is 1.51. The Kier molecular flexibility index (Phi) is 11.7. The van der Waals surface area contributed by atoms with E-state index < -0.39 is 64.9 Å². The van der Waals surface area contributed by atoms with E-state index in [1.165, 1.54) is 7.11 Å². The summed E-state index contributed by atoms with van der Waals surface area (Å²) in [4.78, 5) is 53.8. The summed E-state index contributed by atoms with van der Waals surface area (Å²) in [6, 6.07) is 0. The van der Waals surface area contributed by atoms with Crippen LogP contribution in [0, 0.1) is 45.8 Å². The third-order valence-electron chi connectivity index (χ3n) is 13.1. The molecule has 0 aromatic rings. The molecule has 10 heteroatoms. The van der Waals surface area contributed by atoms with Crippen LogP contribution in [-0.2, 0) is 42.9 Å². The number of rotatable bonds is 17. The average molecular weight is 689 g/mol. The topological polar surface area (TPSA) is 135 Å². The molecule has 1 N–H and O–H groups in total. The highest BCUT2D eigenvalue weighted by atomic mass is 16.7. The number of esters is 2. The van der Waals surface area contributed by atoms with Gasteiger partial charge in [-0.2, -0.15) is 0 Å². The minimum Gasteiger partial charge on any atom is -0.481 e. The van der Waals surface area contributed by atoms with Crippen LogP contribution in [0.4, 0.5) is 0 Å². The highest BCUT2D eigenvalue weighted by molar-refractivity contribution is 5.90. The minimum atomic E-state index is -1.42. The van der Waals surface area contributed by atoms with Gasteiger partial charge in [0, 0.05) is 25.4 Å². The van der Waals surface area contributed by atoms with Gasteiger partial charge < -0.3 is 33.6 Å². The van der Waals surface area contributed by atoms with Gasteiger partial charge in [-0.15, -0.1) is 0 Å². The Morgan fingerprint density at radius 1 is 0.959 bits per heavy atom. The van der Waals surface area contributed by atoms with Crippen LogP contribution in [0.25, 0.3) is 0 Å². The largest absolute Gasteiger partial charge is 0.481 e. The summed E-state index contributed by atoms with van der Waals surface area (Å²) in [6.07, 6.45) is 6.89. The van der Waals surface area contributed by atoms with Crippen molar-refractivity contribution in [3.05, 3.63) is 11.6 Å². The summed E-state index contributed by atoms with van der Waals surface area (Å²) in [6.45, 7) is 12.2. The standard InChI is InChI=1S/C39H60O10/c1-8-10-12-14-30(41)48-33-32(45-7)25(6)47-35(34(33)49-31(42)15-13-11-9-2)46-22-38-20-27-24(5)16-17-28(27)37(21-40)19-26(38)18-29(23(3)4)39(37,38)36(43)44/h18,21,23-28,32-35H,8-17,19-20,22H2,1-7H3,(H,43,44)/t24-,25-,26?,27-,28-,32-,33-,34+,35-,37?,38?,39?/m1/s1. The van der Waals surface area contributed by atoms with Gasteiger partial charge >= 0.3 is 17.9 Å². The van der Waals surface area contributed by atoms with Gasteiger partial charge in [-0.05, 0) is 68.6 Å². The van der Waals surface area contributed by atoms with Crippen LogP contribution in [0.2, 0.25) is 0 Å². The maximum absolute atomic E-state index is 13.9. The van der Waals surface area contributed by atoms with Gasteiger partial charge in [0.05, 0.1) is 18.1 Å². The number of hydrogen-bond acceptors (Lipinski definition) is 9. The quantitative estimate of drug-likeness (QED) is 0.0764. The molecule has 4 bridgehead atoms. The minimum absolute atomic E-state index is 0.00147. The summed E-state index contributed by atoms with van der Waals surface area (Å²) in [5.41, 5.74) is -2.52. The van der Waals surface area contributed by atoms with Crippen LogP contribution < -0.4 is 0 Å². The van der Waals surface area contributed by atoms with Gasteiger partial charge in [0.25, 0.3) is 0 Å². The lowest BCUT2D eigenvalue weighted by Crippen LogP contribution is -2.65. The lowest BCUT2D eigenvalue weighted by Gasteiger charge is -2.58. The molecular formula is C39H60O10. The Morgan fingerprint density at radius 3 is 2.14 bits per heavy atom. The van der Waals surface area contributed by atoms with Crippen molar-refractivity contribution in [3.8, 4) is 0 Å². The molecule has 276 valence electrons. The van der Waals surface area contributed by atoms with Crippen molar-refractivity contribution in [1.82, 2.24) is 0 Å². The zero-order valence-electron chi connectivity index (χ0n) is 30.7. The van der Waals surface area contributed by atoms with Crippen LogP contribution in [-0.4, -0.2) is 73.7 Å². The monoisotopic (exact) mass is 688 g/mol. The summed E-state index contributed by atoms with van der Waals surface area (Å²) in [5.74, 6) is -1.51. The Morgan fingerprint density at radius 2 is 1.59 bits per heavy atom. The summed E-state index contributed by atoms with van der Waals surface area (Å²) >= 11 is 0. The van der Waals surface area contributed by atoms with Crippen LogP contribution >= 0.6 is 0 Å². The maximum Gasteiger partial charge on any atom is 0.315 e. The van der Waals surface area contributed by atoms with Crippen molar-refractivity contribution in [2.75, 3.05) is 13.7 Å². The molecule has 12 atom stereocenters. The van der Waals surface area contributed by atoms with Crippen molar-refractivity contribution < 1.29 is 48.0 Å². The lowest BCUT2D eigenvalue weighted by atomic mass is 9.43. The number of methoxy groups -OCH3 is 1. The molecule has 5 aliphatic rings. The number of aliphatic carboxylic acids is 1. The molecule has 49 heavy (non-hydrogen) atoms. The first-order valence-electron chi connectivity index (χ1n) is 19.0. The normalized spacial score (nSPS) is 40.6. The molecule has 4 unspecified atom stereocenters. The molecule has 0 aromatic heterocycles. The fourth-order valence-corrected chi connectivity index (χ4v) is 11.0. The zero-order chi connectivity index (χ0) is 35.7. The second-order valence-corrected chi connectivity index (χ2v) is 16.0. The number of carbonyl (C=O) groups excluding carboxylic acids is 3. The fraction of sp³-hybridized carbons (Fsp3) is 0.846. The van der Waals surface area contributed by atoms with Gasteiger partial charge in [-0.3, -0.25) is 14.4 Å². The van der Waals surface area contributed by atoms with E-state index in [1.807, 2.05) is 13.8 Å². The molecule has 1 heterocycles. The first-order valence-corrected chi connectivity index (χ1v) is 19.0. The molecule has 4 aliphatic carbocycles. The Hall–Kier alpha value is -2.30. The van der Waals surface area contributed by atoms with Gasteiger partial charge in [0.15, 0.2) is 18.5 Å². The van der Waals surface area contributed by atoms with E-state index in [0.29, 0.717) is 31.6 Å². The lowest BCUT2D eigenvalue weighted by molar-refractivity contribution is -0.311. The molecule has 0 amide bonds. The number of carbonyl (C=O) groups is 4. The van der Waals surface area contributed by atoms with Crippen LogP contribution in [0.1, 0.15) is 119 Å². The van der Waals surface area contributed by atoms with Crippen molar-refractivity contribution in [1.29, 1.82) is 0 Å². The maximum atomic E-state index is 13.9. The number of carboxylic acid groups (broad SMARTS) is 1. The molecule has 3 saturated carbocycles. The highest BCUT2D eigenvalue weighted by Gasteiger charge is 2.84. The van der Waals surface area contributed by atoms with Gasteiger partial charge in [-0.25, -0.2) is 0 Å². The Bertz CT molecular complexity index is 1260. The van der Waals surface area contributed by atoms with Gasteiger partial charge in [-0.1, -0.05) is 78.4 Å². The molecule has 1 saturated heterocycles. The van der Waals surface area contributed by atoms with E-state index >= 15 is 0 Å². The van der Waals surface area contributed by atoms with Crippen molar-refractivity contribution in [3.63, 3.8) is 0 Å². The first-order chi connectivity index (χ1) is 23.4. The van der Waals surface area contributed by atoms with E-state index in [-0.39, 0.29) is 43.1 Å². The van der Waals surface area contributed by atoms with E-state index in [1.54, 1.807) is 6.92 Å². The predicted molar refractivity (Wildman–Crippen MR) is 181 cm³/mol. The molecule has 0 aromatic carbocycles. The number of aldehydes is 1. The highest BCUT2D eigenvalue weighted by Crippen LogP contribution is 2.82. The fourth-order valence-electron chi connectivity index (χ4n) is 11.0. The zero-order valence-corrected chi connectivity index (χ0v) is 30.7. The summed E-state index contributed by atoms with van der Waals surface area (Å²) in [7, 11) is 1.51. The van der Waals surface area contributed by atoms with Gasteiger partial charge in [0.1, 0.15) is 17.8 Å². The average Bonchev–Trinajstić information content (AvgIpc) is 3.63. The van der Waals surface area contributed by atoms with E-state index in [2.05, 4.69) is 26.8 Å². The van der Waals surface area contributed by atoms with Crippen LogP contribution in [0.15, 0.2) is 11.6 Å². The number of ether oxygens (including phenoxy) is 5. The van der Waals surface area contributed by atoms with E-state index in [4.69, 9.17) is 23.7 Å². The number of allylic oxidation sites excluding steroid dienone is 1. The second kappa shape index (κ2) is 15.1.